The van der Waals surface area contributed by atoms with E-state index in [0.29, 0.717) is 30.3 Å². The maximum Gasteiger partial charge on any atom is 0.335 e. The minimum Gasteiger partial charge on any atom is -0.481 e. The predicted molar refractivity (Wildman–Crippen MR) is 198 cm³/mol. The molecule has 3 aliphatic heterocycles. The van der Waals surface area contributed by atoms with Crippen molar-refractivity contribution in [1.29, 1.82) is 0 Å². The largest absolute Gasteiger partial charge is 0.481 e. The smallest absolute Gasteiger partial charge is 0.335 e. The molecule has 3 heterocycles. The molecule has 21 atom stereocenters. The maximum absolute atomic E-state index is 13.7. The molecule has 8 N–H and O–H groups in total. The fraction of sp³-hybridized carbons (Fsp3) is 0.881. The fourth-order valence-corrected chi connectivity index (χ4v) is 14.5. The van der Waals surface area contributed by atoms with Gasteiger partial charge in [0.15, 0.2) is 18.7 Å². The summed E-state index contributed by atoms with van der Waals surface area (Å²) in [7, 11) is 0. The first kappa shape index (κ1) is 42.4. The van der Waals surface area contributed by atoms with Crippen molar-refractivity contribution in [1.82, 2.24) is 0 Å². The number of rotatable bonds is 9. The lowest BCUT2D eigenvalue weighted by Gasteiger charge is -2.63. The molecule has 5 saturated carbocycles. The van der Waals surface area contributed by atoms with Crippen molar-refractivity contribution in [3.05, 3.63) is 11.6 Å². The minimum atomic E-state index is -2.04. The first-order chi connectivity index (χ1) is 27.2. The van der Waals surface area contributed by atoms with E-state index in [9.17, 15) is 55.2 Å². The van der Waals surface area contributed by atoms with Crippen molar-refractivity contribution in [2.75, 3.05) is 6.61 Å². The van der Waals surface area contributed by atoms with Gasteiger partial charge in [0.25, 0.3) is 0 Å². The highest BCUT2D eigenvalue weighted by atomic mass is 16.8. The number of fused-ring (bicyclic) bond motifs is 2. The number of carboxylic acid groups (broad SMARTS) is 2. The van der Waals surface area contributed by atoms with Gasteiger partial charge in [0.2, 0.25) is 0 Å². The molecular formula is C42H62O16. The van der Waals surface area contributed by atoms with E-state index in [2.05, 4.69) is 20.8 Å². The Labute approximate surface area is 337 Å². The molecule has 58 heavy (non-hydrogen) atoms. The molecule has 0 amide bonds. The van der Waals surface area contributed by atoms with Crippen LogP contribution >= 0.6 is 0 Å². The fourth-order valence-electron chi connectivity index (χ4n) is 14.5. The van der Waals surface area contributed by atoms with Gasteiger partial charge in [0.1, 0.15) is 48.8 Å². The van der Waals surface area contributed by atoms with Gasteiger partial charge >= 0.3 is 17.9 Å². The molecule has 8 rings (SSSR count). The van der Waals surface area contributed by atoms with Crippen LogP contribution in [-0.2, 0) is 38.1 Å². The van der Waals surface area contributed by atoms with Crippen LogP contribution < -0.4 is 0 Å². The number of aliphatic hydroxyl groups is 6. The molecule has 16 heteroatoms. The zero-order chi connectivity index (χ0) is 42.1. The molecule has 2 spiro atoms. The standard InChI is InChI=1S/C42H62O16/c1-18-6-7-21(54-34(18)51)19(2)20-10-12-39(4)23-8-9-24-40(5,37(52)53)25(11-13-41(24)17-42(23,41)15-14-38(20,39)3)56-36-32(29(47)28(46)31(57-36)33(49)50)58-35-30(48)27(45)26(44)22(16-43)55-35/h6,19-32,35-36,43-48H,7-17H2,1-5H3,(H,49,50)(H,52,53). The van der Waals surface area contributed by atoms with Gasteiger partial charge in [-0.2, -0.15) is 0 Å². The second-order valence-corrected chi connectivity index (χ2v) is 19.9. The molecule has 21 unspecified atom stereocenters. The summed E-state index contributed by atoms with van der Waals surface area (Å²) in [5.41, 5.74) is -1.11. The van der Waals surface area contributed by atoms with Crippen molar-refractivity contribution >= 4 is 17.9 Å². The summed E-state index contributed by atoms with van der Waals surface area (Å²) in [6, 6.07) is 0. The molecule has 0 bridgehead atoms. The predicted octanol–water partition coefficient (Wildman–Crippen LogP) is 1.49. The number of cyclic esters (lactones) is 1. The molecule has 0 aromatic carbocycles. The Kier molecular flexibility index (Phi) is 10.5. The van der Waals surface area contributed by atoms with Crippen LogP contribution in [0.5, 0.6) is 0 Å². The van der Waals surface area contributed by atoms with E-state index >= 15 is 0 Å². The summed E-state index contributed by atoms with van der Waals surface area (Å²) in [6.45, 7) is 9.83. The summed E-state index contributed by atoms with van der Waals surface area (Å²) in [6.07, 6.45) is -9.25. The molecule has 0 aromatic rings. The molecule has 16 nitrogen and oxygen atoms in total. The van der Waals surface area contributed by atoms with Crippen LogP contribution in [0.15, 0.2) is 11.6 Å². The van der Waals surface area contributed by atoms with Crippen LogP contribution in [0.1, 0.15) is 98.8 Å². The lowest BCUT2D eigenvalue weighted by atomic mass is 9.41. The average molecular weight is 823 g/mol. The van der Waals surface area contributed by atoms with Gasteiger partial charge in [-0.15, -0.1) is 0 Å². The van der Waals surface area contributed by atoms with Gasteiger partial charge in [0.05, 0.1) is 18.1 Å². The Morgan fingerprint density at radius 3 is 2.16 bits per heavy atom. The number of hydrogen-bond acceptors (Lipinski definition) is 14. The van der Waals surface area contributed by atoms with Gasteiger partial charge in [-0.25, -0.2) is 9.59 Å². The van der Waals surface area contributed by atoms with Gasteiger partial charge in [-0.1, -0.05) is 26.8 Å². The average Bonchev–Trinajstić information content (AvgIpc) is 3.77. The zero-order valence-electron chi connectivity index (χ0n) is 33.9. The number of carboxylic acids is 2. The van der Waals surface area contributed by atoms with E-state index < -0.39 is 91.5 Å². The number of ether oxygens (including phenoxy) is 5. The lowest BCUT2D eigenvalue weighted by Crippen LogP contribution is -2.66. The molecule has 8 aliphatic rings. The number of carbonyl (C=O) groups is 3. The Hall–Kier alpha value is -2.25. The number of aliphatic carboxylic acids is 2. The van der Waals surface area contributed by atoms with Gasteiger partial charge < -0.3 is 64.5 Å². The SMILES string of the molecule is CC1=CCC(C(C)C2CCC3(C)C4CCC5C(C)(C(=O)O)C(OC6OC(C(=O)O)C(O)C(O)C6OC6OC(CO)C(O)C(O)C6O)CCC56CC46CCC23C)OC1=O. The molecule has 0 aromatic heterocycles. The normalized spacial score (nSPS) is 54.2. The van der Waals surface area contributed by atoms with Crippen molar-refractivity contribution in [2.45, 2.75) is 172 Å². The Bertz CT molecular complexity index is 1690. The van der Waals surface area contributed by atoms with Crippen LogP contribution in [0.25, 0.3) is 0 Å². The molecule has 0 radical (unpaired) electrons. The molecule has 5 aliphatic carbocycles. The van der Waals surface area contributed by atoms with Crippen LogP contribution in [0.3, 0.4) is 0 Å². The van der Waals surface area contributed by atoms with E-state index in [1.807, 2.05) is 6.08 Å². The molecule has 7 fully saturated rings. The van der Waals surface area contributed by atoms with E-state index in [1.165, 1.54) is 0 Å². The van der Waals surface area contributed by atoms with Crippen molar-refractivity contribution in [3.8, 4) is 0 Å². The number of hydrogen-bond donors (Lipinski definition) is 8. The summed E-state index contributed by atoms with van der Waals surface area (Å²) >= 11 is 0. The van der Waals surface area contributed by atoms with Crippen LogP contribution in [0.2, 0.25) is 0 Å². The van der Waals surface area contributed by atoms with E-state index in [-0.39, 0.29) is 52.0 Å². The third-order valence-corrected chi connectivity index (χ3v) is 17.9. The second-order valence-electron chi connectivity index (χ2n) is 19.9. The van der Waals surface area contributed by atoms with Crippen molar-refractivity contribution in [2.24, 2.45) is 50.7 Å². The van der Waals surface area contributed by atoms with E-state index in [4.69, 9.17) is 23.7 Å². The molecule has 326 valence electrons. The van der Waals surface area contributed by atoms with Gasteiger partial charge in [-0.3, -0.25) is 4.79 Å². The Balaban J connectivity index is 1.04. The molecule has 2 saturated heterocycles. The van der Waals surface area contributed by atoms with Crippen molar-refractivity contribution < 1.29 is 78.9 Å². The minimum absolute atomic E-state index is 0.00375. The van der Waals surface area contributed by atoms with Crippen molar-refractivity contribution in [3.63, 3.8) is 0 Å². The van der Waals surface area contributed by atoms with Crippen LogP contribution in [0, 0.1) is 50.7 Å². The highest BCUT2D eigenvalue weighted by molar-refractivity contribution is 5.88. The first-order valence-electron chi connectivity index (χ1n) is 21.2. The van der Waals surface area contributed by atoms with Gasteiger partial charge in [0, 0.05) is 12.0 Å². The number of esters is 1. The van der Waals surface area contributed by atoms with E-state index in [1.54, 1.807) is 13.8 Å². The van der Waals surface area contributed by atoms with Crippen LogP contribution in [-0.4, -0.2) is 139 Å². The highest BCUT2D eigenvalue weighted by Crippen LogP contribution is 2.89. The van der Waals surface area contributed by atoms with Crippen LogP contribution in [0.4, 0.5) is 0 Å². The monoisotopic (exact) mass is 822 g/mol. The third kappa shape index (κ3) is 5.79. The summed E-state index contributed by atoms with van der Waals surface area (Å²) in [5, 5.41) is 84.2. The molecular weight excluding hydrogens is 760 g/mol. The number of aliphatic hydroxyl groups excluding tert-OH is 6. The lowest BCUT2D eigenvalue weighted by molar-refractivity contribution is -0.373. The topological polar surface area (TPSA) is 259 Å². The first-order valence-corrected chi connectivity index (χ1v) is 21.2. The summed E-state index contributed by atoms with van der Waals surface area (Å²) in [5.74, 6) is -2.28. The van der Waals surface area contributed by atoms with Gasteiger partial charge in [-0.05, 0) is 117 Å². The summed E-state index contributed by atoms with van der Waals surface area (Å²) < 4.78 is 29.5. The number of carbonyl (C=O) groups excluding carboxylic acids is 1. The zero-order valence-corrected chi connectivity index (χ0v) is 33.9. The quantitative estimate of drug-likeness (QED) is 0.121. The Morgan fingerprint density at radius 1 is 0.810 bits per heavy atom. The second kappa shape index (κ2) is 14.4. The van der Waals surface area contributed by atoms with E-state index in [0.717, 1.165) is 44.9 Å². The Morgan fingerprint density at radius 2 is 1.50 bits per heavy atom. The third-order valence-electron chi connectivity index (χ3n) is 17.9. The summed E-state index contributed by atoms with van der Waals surface area (Å²) in [4.78, 5) is 38.4. The highest BCUT2D eigenvalue weighted by Gasteiger charge is 2.83. The maximum atomic E-state index is 13.7.